The lowest BCUT2D eigenvalue weighted by Gasteiger charge is -2.33. The molecule has 4 N–H and O–H groups in total. The van der Waals surface area contributed by atoms with Crippen LogP contribution < -0.4 is 21.3 Å². The number of amides is 5. The predicted octanol–water partition coefficient (Wildman–Crippen LogP) is 4.47. The van der Waals surface area contributed by atoms with Gasteiger partial charge in [0.15, 0.2) is 0 Å². The minimum atomic E-state index is -0.896. The third kappa shape index (κ3) is 10.9. The monoisotopic (exact) mass is 695 g/mol. The van der Waals surface area contributed by atoms with Crippen LogP contribution in [-0.2, 0) is 29.0 Å². The van der Waals surface area contributed by atoms with E-state index in [2.05, 4.69) is 31.2 Å². The zero-order valence-corrected chi connectivity index (χ0v) is 28.5. The summed E-state index contributed by atoms with van der Waals surface area (Å²) in [6, 6.07) is 24.5. The van der Waals surface area contributed by atoms with E-state index in [0.29, 0.717) is 56.6 Å². The van der Waals surface area contributed by atoms with Gasteiger partial charge in [0.1, 0.15) is 17.8 Å². The van der Waals surface area contributed by atoms with Gasteiger partial charge in [-0.05, 0) is 61.3 Å². The fraction of sp³-hybridized carbons (Fsp3) is 0.316. The predicted molar refractivity (Wildman–Crippen MR) is 191 cm³/mol. The lowest BCUT2D eigenvalue weighted by atomic mass is 10.0. The lowest BCUT2D eigenvalue weighted by molar-refractivity contribution is -0.130. The molecule has 50 heavy (non-hydrogen) atoms. The van der Waals surface area contributed by atoms with E-state index in [1.165, 1.54) is 18.6 Å². The minimum Gasteiger partial charge on any atom is -0.350 e. The number of halogens is 1. The van der Waals surface area contributed by atoms with E-state index in [9.17, 15) is 19.2 Å². The number of nitrogens with zero attached hydrogens (tertiary/aromatic N) is 3. The van der Waals surface area contributed by atoms with Gasteiger partial charge in [-0.15, -0.1) is 0 Å². The van der Waals surface area contributed by atoms with Gasteiger partial charge in [-0.1, -0.05) is 90.5 Å². The first-order valence-electron chi connectivity index (χ1n) is 16.9. The van der Waals surface area contributed by atoms with Crippen molar-refractivity contribution in [2.24, 2.45) is 0 Å². The molecule has 1 aromatic heterocycles. The zero-order chi connectivity index (χ0) is 35.1. The number of piperidine rings is 1. The molecule has 0 radical (unpaired) electrons. The summed E-state index contributed by atoms with van der Waals surface area (Å²) < 4.78 is 0. The van der Waals surface area contributed by atoms with Crippen molar-refractivity contribution >= 4 is 35.4 Å². The van der Waals surface area contributed by atoms with Crippen LogP contribution >= 0.6 is 11.6 Å². The summed E-state index contributed by atoms with van der Waals surface area (Å²) in [7, 11) is 0. The van der Waals surface area contributed by atoms with E-state index >= 15 is 0 Å². The number of carbonyl (C=O) groups excluding carboxylic acids is 4. The second kappa shape index (κ2) is 18.5. The molecule has 0 aliphatic carbocycles. The Bertz CT molecular complexity index is 1700. The van der Waals surface area contributed by atoms with E-state index in [1.807, 2.05) is 78.9 Å². The highest BCUT2D eigenvalue weighted by atomic mass is 35.5. The van der Waals surface area contributed by atoms with Crippen molar-refractivity contribution in [3.8, 4) is 0 Å². The summed E-state index contributed by atoms with van der Waals surface area (Å²) in [6.07, 6.45) is 7.27. The molecule has 1 aliphatic rings. The standard InChI is InChI=1S/C38H42ClN7O4/c39-31-14-8-7-13-29(31)25-42-35(47)32(17-15-27-9-3-1-4-10-27)44-36(48)33(18-16-28-11-5-2-6-12-28)45-38(50)46-23-19-30(20-24-46)43-37(49)34-26-40-21-22-41-34/h1-14,21-22,26,30,32-33H,15-20,23-25H2,(H,42,47)(H,43,49)(H,44,48)(H,45,50)/t32-,33-/m0/s1. The van der Waals surface area contributed by atoms with Crippen LogP contribution in [0.25, 0.3) is 0 Å². The number of urea groups is 1. The number of rotatable bonds is 14. The van der Waals surface area contributed by atoms with Crippen LogP contribution in [0.2, 0.25) is 5.02 Å². The molecule has 3 aromatic carbocycles. The van der Waals surface area contributed by atoms with Crippen LogP contribution in [-0.4, -0.2) is 69.8 Å². The molecule has 5 rings (SSSR count). The molecule has 5 amide bonds. The molecule has 4 aromatic rings. The van der Waals surface area contributed by atoms with Crippen molar-refractivity contribution in [1.29, 1.82) is 0 Å². The largest absolute Gasteiger partial charge is 0.350 e. The average Bonchev–Trinajstić information content (AvgIpc) is 3.15. The summed E-state index contributed by atoms with van der Waals surface area (Å²) in [5.41, 5.74) is 3.06. The Morgan fingerprint density at radius 1 is 0.760 bits per heavy atom. The van der Waals surface area contributed by atoms with Gasteiger partial charge in [-0.3, -0.25) is 19.4 Å². The van der Waals surface area contributed by atoms with Crippen LogP contribution in [0, 0.1) is 0 Å². The van der Waals surface area contributed by atoms with Crippen LogP contribution in [0.1, 0.15) is 52.9 Å². The highest BCUT2D eigenvalue weighted by molar-refractivity contribution is 6.31. The van der Waals surface area contributed by atoms with E-state index in [-0.39, 0.29) is 36.1 Å². The molecule has 2 atom stereocenters. The normalized spacial score (nSPS) is 14.2. The molecule has 1 aliphatic heterocycles. The van der Waals surface area contributed by atoms with Crippen LogP contribution in [0.4, 0.5) is 4.79 Å². The van der Waals surface area contributed by atoms with Crippen molar-refractivity contribution in [1.82, 2.24) is 36.1 Å². The van der Waals surface area contributed by atoms with Gasteiger partial charge in [-0.25, -0.2) is 9.78 Å². The van der Waals surface area contributed by atoms with E-state index in [0.717, 1.165) is 16.7 Å². The molecule has 12 heteroatoms. The molecule has 0 unspecified atom stereocenters. The highest BCUT2D eigenvalue weighted by Crippen LogP contribution is 2.16. The van der Waals surface area contributed by atoms with Crippen LogP contribution in [0.5, 0.6) is 0 Å². The van der Waals surface area contributed by atoms with Gasteiger partial charge in [0.2, 0.25) is 11.8 Å². The summed E-state index contributed by atoms with van der Waals surface area (Å²) in [5.74, 6) is -1.09. The highest BCUT2D eigenvalue weighted by Gasteiger charge is 2.30. The van der Waals surface area contributed by atoms with Gasteiger partial charge >= 0.3 is 6.03 Å². The number of likely N-dealkylation sites (tertiary alicyclic amines) is 1. The number of aryl methyl sites for hydroxylation is 2. The van der Waals surface area contributed by atoms with Crippen molar-refractivity contribution in [2.75, 3.05) is 13.1 Å². The van der Waals surface area contributed by atoms with Crippen LogP contribution in [0.15, 0.2) is 104 Å². The number of hydrogen-bond acceptors (Lipinski definition) is 6. The number of aromatic nitrogens is 2. The molecule has 0 spiro atoms. The van der Waals surface area contributed by atoms with Crippen molar-refractivity contribution in [3.63, 3.8) is 0 Å². The SMILES string of the molecule is O=C(NC1CCN(C(=O)N[C@@H](CCc2ccccc2)C(=O)N[C@@H](CCc2ccccc2)C(=O)NCc2ccccc2Cl)CC1)c1cnccn1. The molecule has 260 valence electrons. The topological polar surface area (TPSA) is 145 Å². The van der Waals surface area contributed by atoms with Crippen LogP contribution in [0.3, 0.4) is 0 Å². The maximum absolute atomic E-state index is 13.9. The first-order chi connectivity index (χ1) is 24.4. The van der Waals surface area contributed by atoms with E-state index in [4.69, 9.17) is 11.6 Å². The first kappa shape index (κ1) is 36.0. The number of nitrogens with one attached hydrogen (secondary N) is 4. The summed E-state index contributed by atoms with van der Waals surface area (Å²) >= 11 is 6.32. The Morgan fingerprint density at radius 2 is 1.36 bits per heavy atom. The average molecular weight is 696 g/mol. The van der Waals surface area contributed by atoms with Gasteiger partial charge in [0.25, 0.3) is 5.91 Å². The van der Waals surface area contributed by atoms with E-state index in [1.54, 1.807) is 11.0 Å². The van der Waals surface area contributed by atoms with Gasteiger partial charge in [-0.2, -0.15) is 0 Å². The molecule has 0 saturated carbocycles. The second-order valence-corrected chi connectivity index (χ2v) is 12.7. The van der Waals surface area contributed by atoms with E-state index < -0.39 is 18.0 Å². The number of carbonyl (C=O) groups is 4. The molecule has 1 saturated heterocycles. The fourth-order valence-corrected chi connectivity index (χ4v) is 6.01. The Morgan fingerprint density at radius 3 is 1.96 bits per heavy atom. The molecule has 11 nitrogen and oxygen atoms in total. The summed E-state index contributed by atoms with van der Waals surface area (Å²) in [5, 5.41) is 12.3. The Hall–Kier alpha value is -5.29. The maximum Gasteiger partial charge on any atom is 0.318 e. The molecule has 0 bridgehead atoms. The first-order valence-corrected chi connectivity index (χ1v) is 17.2. The fourth-order valence-electron chi connectivity index (χ4n) is 5.81. The summed E-state index contributed by atoms with van der Waals surface area (Å²) in [4.78, 5) is 63.2. The van der Waals surface area contributed by atoms with Crippen molar-refractivity contribution < 1.29 is 19.2 Å². The van der Waals surface area contributed by atoms with Gasteiger partial charge in [0.05, 0.1) is 6.20 Å². The zero-order valence-electron chi connectivity index (χ0n) is 27.8. The quantitative estimate of drug-likeness (QED) is 0.153. The Labute approximate surface area is 297 Å². The smallest absolute Gasteiger partial charge is 0.318 e. The lowest BCUT2D eigenvalue weighted by Crippen LogP contribution is -2.57. The molecule has 1 fully saturated rings. The minimum absolute atomic E-state index is 0.125. The Balaban J connectivity index is 1.23. The second-order valence-electron chi connectivity index (χ2n) is 12.2. The summed E-state index contributed by atoms with van der Waals surface area (Å²) in [6.45, 7) is 1.00. The maximum atomic E-state index is 13.9. The van der Waals surface area contributed by atoms with Gasteiger partial charge < -0.3 is 26.2 Å². The molecule has 2 heterocycles. The Kier molecular flexibility index (Phi) is 13.3. The van der Waals surface area contributed by atoms with Gasteiger partial charge in [0, 0.05) is 43.1 Å². The van der Waals surface area contributed by atoms with Crippen molar-refractivity contribution in [3.05, 3.63) is 131 Å². The number of hydrogen-bond donors (Lipinski definition) is 4. The number of benzene rings is 3. The third-order valence-electron chi connectivity index (χ3n) is 8.70. The third-order valence-corrected chi connectivity index (χ3v) is 9.07. The molecular weight excluding hydrogens is 654 g/mol. The van der Waals surface area contributed by atoms with Crippen molar-refractivity contribution in [2.45, 2.75) is 63.2 Å². The molecular formula is C38H42ClN7O4.